The summed E-state index contributed by atoms with van der Waals surface area (Å²) in [5.41, 5.74) is 3.88. The van der Waals surface area contributed by atoms with Gasteiger partial charge in [-0.25, -0.2) is 0 Å². The summed E-state index contributed by atoms with van der Waals surface area (Å²) in [5.74, 6) is 0.915. The summed E-state index contributed by atoms with van der Waals surface area (Å²) in [4.78, 5) is 4.42. The standard InChI is InChI=1S/C17H15Cl2N5/c1-10-5-3-6-11(2)16(10)22-14-9-20-24-17(23-14)21-13-8-4-7-12(18)15(13)19/h3-9H,1-2H3,(H2,21,22,23,24). The second kappa shape index (κ2) is 7.03. The molecule has 2 N–H and O–H groups in total. The Bertz CT molecular complexity index is 862. The molecule has 0 aliphatic rings. The van der Waals surface area contributed by atoms with Crippen molar-refractivity contribution >= 4 is 46.3 Å². The Balaban J connectivity index is 1.86. The number of nitrogens with zero attached hydrogens (tertiary/aromatic N) is 3. The summed E-state index contributed by atoms with van der Waals surface area (Å²) in [6.07, 6.45) is 1.57. The largest absolute Gasteiger partial charge is 0.338 e. The molecule has 122 valence electrons. The van der Waals surface area contributed by atoms with Crippen LogP contribution in [0.2, 0.25) is 10.0 Å². The first-order chi connectivity index (χ1) is 11.5. The van der Waals surface area contributed by atoms with E-state index in [1.54, 1.807) is 24.4 Å². The fourth-order valence-electron chi connectivity index (χ4n) is 2.28. The quantitative estimate of drug-likeness (QED) is 0.663. The summed E-state index contributed by atoms with van der Waals surface area (Å²) >= 11 is 12.2. The lowest BCUT2D eigenvalue weighted by molar-refractivity contribution is 0.982. The topological polar surface area (TPSA) is 62.7 Å². The average molecular weight is 360 g/mol. The monoisotopic (exact) mass is 359 g/mol. The van der Waals surface area contributed by atoms with Crippen LogP contribution in [0.3, 0.4) is 0 Å². The van der Waals surface area contributed by atoms with E-state index in [4.69, 9.17) is 23.2 Å². The fourth-order valence-corrected chi connectivity index (χ4v) is 2.63. The van der Waals surface area contributed by atoms with Gasteiger partial charge in [0.25, 0.3) is 0 Å². The van der Waals surface area contributed by atoms with E-state index in [-0.39, 0.29) is 0 Å². The van der Waals surface area contributed by atoms with Crippen molar-refractivity contribution in [2.45, 2.75) is 13.8 Å². The van der Waals surface area contributed by atoms with E-state index in [1.165, 1.54) is 0 Å². The van der Waals surface area contributed by atoms with Gasteiger partial charge in [-0.05, 0) is 37.1 Å². The molecule has 0 fully saturated rings. The molecule has 0 aliphatic heterocycles. The van der Waals surface area contributed by atoms with Gasteiger partial charge >= 0.3 is 0 Å². The van der Waals surface area contributed by atoms with Crippen molar-refractivity contribution in [1.82, 2.24) is 15.2 Å². The molecule has 0 bridgehead atoms. The van der Waals surface area contributed by atoms with Crippen LogP contribution >= 0.6 is 23.2 Å². The van der Waals surface area contributed by atoms with Gasteiger partial charge in [-0.3, -0.25) is 0 Å². The summed E-state index contributed by atoms with van der Waals surface area (Å²) in [7, 11) is 0. The van der Waals surface area contributed by atoms with Crippen LogP contribution in [-0.2, 0) is 0 Å². The predicted molar refractivity (Wildman–Crippen MR) is 98.8 cm³/mol. The molecule has 0 atom stereocenters. The normalized spacial score (nSPS) is 10.5. The molecule has 0 amide bonds. The number of rotatable bonds is 4. The Hall–Kier alpha value is -2.37. The second-order valence-electron chi connectivity index (χ2n) is 5.28. The summed E-state index contributed by atoms with van der Waals surface area (Å²) in [5, 5.41) is 15.1. The predicted octanol–water partition coefficient (Wildman–Crippen LogP) is 5.28. The highest BCUT2D eigenvalue weighted by molar-refractivity contribution is 6.43. The van der Waals surface area contributed by atoms with Gasteiger partial charge < -0.3 is 10.6 Å². The summed E-state index contributed by atoms with van der Waals surface area (Å²) < 4.78 is 0. The number of benzene rings is 2. The minimum absolute atomic E-state index is 0.329. The van der Waals surface area contributed by atoms with Crippen molar-refractivity contribution in [3.05, 3.63) is 63.8 Å². The molecule has 24 heavy (non-hydrogen) atoms. The maximum Gasteiger partial charge on any atom is 0.249 e. The maximum atomic E-state index is 6.17. The molecule has 3 rings (SSSR count). The molecule has 0 radical (unpaired) electrons. The van der Waals surface area contributed by atoms with Gasteiger partial charge in [-0.2, -0.15) is 10.1 Å². The van der Waals surface area contributed by atoms with E-state index >= 15 is 0 Å². The van der Waals surface area contributed by atoms with Crippen LogP contribution in [0.1, 0.15) is 11.1 Å². The third-order valence-corrected chi connectivity index (χ3v) is 4.31. The van der Waals surface area contributed by atoms with Gasteiger partial charge in [0.15, 0.2) is 5.82 Å². The number of nitrogens with one attached hydrogen (secondary N) is 2. The zero-order chi connectivity index (χ0) is 17.1. The number of aromatic nitrogens is 3. The lowest BCUT2D eigenvalue weighted by atomic mass is 10.1. The van der Waals surface area contributed by atoms with Crippen LogP contribution < -0.4 is 10.6 Å². The Morgan fingerprint density at radius 1 is 0.917 bits per heavy atom. The smallest absolute Gasteiger partial charge is 0.249 e. The van der Waals surface area contributed by atoms with Crippen LogP contribution in [0, 0.1) is 13.8 Å². The van der Waals surface area contributed by atoms with Crippen molar-refractivity contribution in [3.8, 4) is 0 Å². The highest BCUT2D eigenvalue weighted by Crippen LogP contribution is 2.31. The minimum Gasteiger partial charge on any atom is -0.338 e. The SMILES string of the molecule is Cc1cccc(C)c1Nc1cnnc(Nc2cccc(Cl)c2Cl)n1. The van der Waals surface area contributed by atoms with Gasteiger partial charge in [-0.15, -0.1) is 5.10 Å². The number of aryl methyl sites for hydroxylation is 2. The van der Waals surface area contributed by atoms with E-state index in [0.29, 0.717) is 27.5 Å². The van der Waals surface area contributed by atoms with Crippen molar-refractivity contribution in [2.24, 2.45) is 0 Å². The zero-order valence-corrected chi connectivity index (χ0v) is 14.7. The zero-order valence-electron chi connectivity index (χ0n) is 13.1. The van der Waals surface area contributed by atoms with Crippen LogP contribution in [0.25, 0.3) is 0 Å². The number of hydrogen-bond acceptors (Lipinski definition) is 5. The molecule has 0 spiro atoms. The first-order valence-electron chi connectivity index (χ1n) is 7.28. The van der Waals surface area contributed by atoms with Gasteiger partial charge in [-0.1, -0.05) is 47.5 Å². The first-order valence-corrected chi connectivity index (χ1v) is 8.04. The number of anilines is 4. The Morgan fingerprint density at radius 3 is 2.38 bits per heavy atom. The van der Waals surface area contributed by atoms with E-state index in [2.05, 4.69) is 25.8 Å². The molecular formula is C17H15Cl2N5. The molecule has 3 aromatic rings. The highest BCUT2D eigenvalue weighted by Gasteiger charge is 2.08. The van der Waals surface area contributed by atoms with Gasteiger partial charge in [0, 0.05) is 5.69 Å². The molecule has 0 unspecified atom stereocenters. The van der Waals surface area contributed by atoms with E-state index in [0.717, 1.165) is 16.8 Å². The lowest BCUT2D eigenvalue weighted by Crippen LogP contribution is -2.04. The molecule has 5 nitrogen and oxygen atoms in total. The van der Waals surface area contributed by atoms with Crippen molar-refractivity contribution in [2.75, 3.05) is 10.6 Å². The number of para-hydroxylation sites is 1. The van der Waals surface area contributed by atoms with Crippen molar-refractivity contribution in [3.63, 3.8) is 0 Å². The van der Waals surface area contributed by atoms with Crippen LogP contribution in [0.4, 0.5) is 23.1 Å². The molecule has 2 aromatic carbocycles. The van der Waals surface area contributed by atoms with Gasteiger partial charge in [0.1, 0.15) is 0 Å². The Kier molecular flexibility index (Phi) is 4.83. The highest BCUT2D eigenvalue weighted by atomic mass is 35.5. The van der Waals surface area contributed by atoms with Crippen LogP contribution in [0.5, 0.6) is 0 Å². The number of halogens is 2. The lowest BCUT2D eigenvalue weighted by Gasteiger charge is -2.12. The molecule has 0 aliphatic carbocycles. The van der Waals surface area contributed by atoms with Crippen LogP contribution in [0.15, 0.2) is 42.6 Å². The average Bonchev–Trinajstić information content (AvgIpc) is 2.56. The van der Waals surface area contributed by atoms with E-state index in [9.17, 15) is 0 Å². The second-order valence-corrected chi connectivity index (χ2v) is 6.07. The fraction of sp³-hybridized carbons (Fsp3) is 0.118. The molecule has 1 heterocycles. The molecule has 7 heteroatoms. The summed E-state index contributed by atoms with van der Waals surface area (Å²) in [6, 6.07) is 11.4. The third kappa shape index (κ3) is 3.58. The molecular weight excluding hydrogens is 345 g/mol. The molecule has 0 saturated heterocycles. The minimum atomic E-state index is 0.329. The Morgan fingerprint density at radius 2 is 1.62 bits per heavy atom. The third-order valence-electron chi connectivity index (χ3n) is 3.49. The van der Waals surface area contributed by atoms with Gasteiger partial charge in [0.05, 0.1) is 21.9 Å². The van der Waals surface area contributed by atoms with Gasteiger partial charge in [0.2, 0.25) is 5.95 Å². The maximum absolute atomic E-state index is 6.17. The molecule has 0 saturated carbocycles. The van der Waals surface area contributed by atoms with Crippen LogP contribution in [-0.4, -0.2) is 15.2 Å². The molecule has 1 aromatic heterocycles. The van der Waals surface area contributed by atoms with E-state index in [1.807, 2.05) is 32.0 Å². The van der Waals surface area contributed by atoms with Crippen molar-refractivity contribution < 1.29 is 0 Å². The number of hydrogen-bond donors (Lipinski definition) is 2. The van der Waals surface area contributed by atoms with E-state index < -0.39 is 0 Å². The Labute approximate surface area is 150 Å². The summed E-state index contributed by atoms with van der Waals surface area (Å²) in [6.45, 7) is 4.07. The van der Waals surface area contributed by atoms with Crippen molar-refractivity contribution in [1.29, 1.82) is 0 Å². The first kappa shape index (κ1) is 16.5.